The summed E-state index contributed by atoms with van der Waals surface area (Å²) < 4.78 is 39.3. The third-order valence-corrected chi connectivity index (χ3v) is 3.78. The highest BCUT2D eigenvalue weighted by Crippen LogP contribution is 2.35. The molecule has 0 saturated heterocycles. The number of nitrogens with zero attached hydrogens (tertiary/aromatic N) is 2. The quantitative estimate of drug-likeness (QED) is 0.637. The van der Waals surface area contributed by atoms with Crippen molar-refractivity contribution in [3.8, 4) is 0 Å². The van der Waals surface area contributed by atoms with Crippen molar-refractivity contribution in [2.75, 3.05) is 10.6 Å². The predicted molar refractivity (Wildman–Crippen MR) is 96.0 cm³/mol. The molecule has 1 aromatic heterocycles. The fraction of sp³-hybridized carbons (Fsp3) is 0.158. The third kappa shape index (κ3) is 4.11. The van der Waals surface area contributed by atoms with E-state index < -0.39 is 11.7 Å². The molecule has 0 radical (unpaired) electrons. The molecule has 0 atom stereocenters. The maximum atomic E-state index is 13.1. The molecule has 0 spiro atoms. The zero-order chi connectivity index (χ0) is 18.7. The van der Waals surface area contributed by atoms with Crippen LogP contribution >= 0.6 is 0 Å². The Morgan fingerprint density at radius 2 is 1.65 bits per heavy atom. The first-order chi connectivity index (χ1) is 12.3. The smallest absolute Gasteiger partial charge is 0.340 e. The number of nitrogens with one attached hydrogen (secondary N) is 2. The van der Waals surface area contributed by atoms with E-state index in [0.717, 1.165) is 22.9 Å². The first-order valence-corrected chi connectivity index (χ1v) is 7.93. The van der Waals surface area contributed by atoms with Crippen molar-refractivity contribution in [1.29, 1.82) is 0 Å². The molecule has 1 heterocycles. The van der Waals surface area contributed by atoms with Crippen LogP contribution in [0, 0.1) is 13.8 Å². The summed E-state index contributed by atoms with van der Waals surface area (Å²) in [4.78, 5) is 8.26. The number of rotatable bonds is 4. The molecule has 4 nitrogen and oxygen atoms in total. The molecule has 0 unspecified atom stereocenters. The van der Waals surface area contributed by atoms with Crippen molar-refractivity contribution in [3.63, 3.8) is 0 Å². The molecule has 0 aliphatic heterocycles. The Kier molecular flexibility index (Phi) is 4.79. The van der Waals surface area contributed by atoms with Crippen LogP contribution in [0.1, 0.15) is 16.7 Å². The maximum Gasteiger partial charge on any atom is 0.418 e. The van der Waals surface area contributed by atoms with Gasteiger partial charge in [-0.05, 0) is 43.7 Å². The molecule has 134 valence electrons. The van der Waals surface area contributed by atoms with Crippen LogP contribution in [0.5, 0.6) is 0 Å². The van der Waals surface area contributed by atoms with Gasteiger partial charge in [0.1, 0.15) is 5.82 Å². The van der Waals surface area contributed by atoms with Gasteiger partial charge >= 0.3 is 6.18 Å². The molecule has 3 aromatic rings. The summed E-state index contributed by atoms with van der Waals surface area (Å²) in [6.45, 7) is 3.97. The minimum atomic E-state index is -4.46. The average molecular weight is 358 g/mol. The van der Waals surface area contributed by atoms with Crippen LogP contribution in [0.25, 0.3) is 0 Å². The van der Waals surface area contributed by atoms with E-state index >= 15 is 0 Å². The number of benzene rings is 2. The molecule has 7 heteroatoms. The first-order valence-electron chi connectivity index (χ1n) is 7.93. The molecule has 0 amide bonds. The van der Waals surface area contributed by atoms with Crippen LogP contribution in [-0.4, -0.2) is 9.97 Å². The van der Waals surface area contributed by atoms with E-state index in [0.29, 0.717) is 5.82 Å². The summed E-state index contributed by atoms with van der Waals surface area (Å²) in [5.74, 6) is 0.565. The molecule has 2 aromatic carbocycles. The highest BCUT2D eigenvalue weighted by atomic mass is 19.4. The van der Waals surface area contributed by atoms with Gasteiger partial charge in [0, 0.05) is 11.9 Å². The normalized spacial score (nSPS) is 11.3. The number of halogens is 3. The van der Waals surface area contributed by atoms with Gasteiger partial charge in [-0.3, -0.25) is 0 Å². The van der Waals surface area contributed by atoms with Gasteiger partial charge in [0.15, 0.2) is 0 Å². The highest BCUT2D eigenvalue weighted by molar-refractivity contribution is 5.64. The minimum absolute atomic E-state index is 0.0801. The SMILES string of the molecule is Cc1ccc(Nc2ccnc(Nc3ccccc3C(F)(F)F)n2)c(C)c1. The second-order valence-corrected chi connectivity index (χ2v) is 5.88. The lowest BCUT2D eigenvalue weighted by molar-refractivity contribution is -0.136. The van der Waals surface area contributed by atoms with E-state index in [4.69, 9.17) is 0 Å². The van der Waals surface area contributed by atoms with Crippen LogP contribution in [0.4, 0.5) is 36.3 Å². The van der Waals surface area contributed by atoms with E-state index in [1.165, 1.54) is 24.4 Å². The number of anilines is 4. The lowest BCUT2D eigenvalue weighted by Crippen LogP contribution is -2.09. The van der Waals surface area contributed by atoms with E-state index in [1.807, 2.05) is 32.0 Å². The second-order valence-electron chi connectivity index (χ2n) is 5.88. The number of hydrogen-bond donors (Lipinski definition) is 2. The standard InChI is InChI=1S/C19H17F3N4/c1-12-7-8-15(13(2)11-12)24-17-9-10-23-18(26-17)25-16-6-4-3-5-14(16)19(20,21)22/h3-11H,1-2H3,(H2,23,24,25,26). The van der Waals surface area contributed by atoms with Gasteiger partial charge in [-0.2, -0.15) is 18.2 Å². The van der Waals surface area contributed by atoms with Crippen molar-refractivity contribution < 1.29 is 13.2 Å². The van der Waals surface area contributed by atoms with Crippen LogP contribution in [0.2, 0.25) is 0 Å². The number of aryl methyl sites for hydroxylation is 2. The molecule has 0 fully saturated rings. The fourth-order valence-corrected chi connectivity index (χ4v) is 2.54. The zero-order valence-electron chi connectivity index (χ0n) is 14.2. The first kappa shape index (κ1) is 17.7. The van der Waals surface area contributed by atoms with Crippen LogP contribution in [0.15, 0.2) is 54.7 Å². The van der Waals surface area contributed by atoms with Crippen molar-refractivity contribution in [2.24, 2.45) is 0 Å². The van der Waals surface area contributed by atoms with Crippen LogP contribution in [0.3, 0.4) is 0 Å². The molecule has 0 aliphatic carbocycles. The third-order valence-electron chi connectivity index (χ3n) is 3.78. The fourth-order valence-electron chi connectivity index (χ4n) is 2.54. The van der Waals surface area contributed by atoms with Gasteiger partial charge in [-0.1, -0.05) is 29.8 Å². The molecule has 0 bridgehead atoms. The van der Waals surface area contributed by atoms with Gasteiger partial charge in [0.05, 0.1) is 11.3 Å². The topological polar surface area (TPSA) is 49.8 Å². The van der Waals surface area contributed by atoms with Gasteiger partial charge in [-0.15, -0.1) is 0 Å². The molecule has 26 heavy (non-hydrogen) atoms. The average Bonchev–Trinajstić information content (AvgIpc) is 2.57. The molecule has 3 rings (SSSR count). The largest absolute Gasteiger partial charge is 0.418 e. The highest BCUT2D eigenvalue weighted by Gasteiger charge is 2.33. The number of aromatic nitrogens is 2. The van der Waals surface area contributed by atoms with Gasteiger partial charge in [-0.25, -0.2) is 4.98 Å². The maximum absolute atomic E-state index is 13.1. The summed E-state index contributed by atoms with van der Waals surface area (Å²) in [6, 6.07) is 12.8. The predicted octanol–water partition coefficient (Wildman–Crippen LogP) is 5.60. The molecular formula is C19H17F3N4. The van der Waals surface area contributed by atoms with Gasteiger partial charge in [0.2, 0.25) is 5.95 Å². The van der Waals surface area contributed by atoms with Crippen molar-refractivity contribution >= 4 is 23.1 Å². The van der Waals surface area contributed by atoms with Gasteiger partial charge < -0.3 is 10.6 Å². The van der Waals surface area contributed by atoms with E-state index in [-0.39, 0.29) is 11.6 Å². The summed E-state index contributed by atoms with van der Waals surface area (Å²) >= 11 is 0. The number of alkyl halides is 3. The van der Waals surface area contributed by atoms with E-state index in [9.17, 15) is 13.2 Å². The monoisotopic (exact) mass is 358 g/mol. The Morgan fingerprint density at radius 3 is 2.38 bits per heavy atom. The van der Waals surface area contributed by atoms with Crippen molar-refractivity contribution in [3.05, 3.63) is 71.4 Å². The molecular weight excluding hydrogens is 341 g/mol. The summed E-state index contributed by atoms with van der Waals surface area (Å²) in [5.41, 5.74) is 2.19. The summed E-state index contributed by atoms with van der Waals surface area (Å²) in [6.07, 6.45) is -2.98. The number of para-hydroxylation sites is 1. The van der Waals surface area contributed by atoms with Crippen molar-refractivity contribution in [1.82, 2.24) is 9.97 Å². The van der Waals surface area contributed by atoms with Crippen LogP contribution in [-0.2, 0) is 6.18 Å². The lowest BCUT2D eigenvalue weighted by atomic mass is 10.1. The minimum Gasteiger partial charge on any atom is -0.340 e. The van der Waals surface area contributed by atoms with E-state index in [1.54, 1.807) is 6.07 Å². The number of hydrogen-bond acceptors (Lipinski definition) is 4. The van der Waals surface area contributed by atoms with Crippen molar-refractivity contribution in [2.45, 2.75) is 20.0 Å². The Balaban J connectivity index is 1.85. The summed E-state index contributed by atoms with van der Waals surface area (Å²) in [5, 5.41) is 5.80. The van der Waals surface area contributed by atoms with Crippen LogP contribution < -0.4 is 10.6 Å². The Hall–Kier alpha value is -3.09. The van der Waals surface area contributed by atoms with Gasteiger partial charge in [0.25, 0.3) is 0 Å². The molecule has 2 N–H and O–H groups in total. The Labute approximate surface area is 149 Å². The molecule has 0 aliphatic rings. The summed E-state index contributed by atoms with van der Waals surface area (Å²) in [7, 11) is 0. The Morgan fingerprint density at radius 1 is 0.885 bits per heavy atom. The van der Waals surface area contributed by atoms with E-state index in [2.05, 4.69) is 20.6 Å². The zero-order valence-corrected chi connectivity index (χ0v) is 14.2. The lowest BCUT2D eigenvalue weighted by Gasteiger charge is -2.14. The Bertz CT molecular complexity index is 923. The second kappa shape index (κ2) is 7.03. The molecule has 0 saturated carbocycles.